The maximum Gasteiger partial charge on any atom is 0.0569 e. The number of anilines is 6. The Kier molecular flexibility index (Phi) is 13.2. The van der Waals surface area contributed by atoms with Gasteiger partial charge in [0.2, 0.25) is 0 Å². The molecule has 14 aromatic carbocycles. The highest BCUT2D eigenvalue weighted by Crippen LogP contribution is 2.53. The van der Waals surface area contributed by atoms with Crippen LogP contribution >= 0.6 is 0 Å². The van der Waals surface area contributed by atoms with Gasteiger partial charge in [0.05, 0.1) is 22.7 Å². The van der Waals surface area contributed by atoms with E-state index in [0.717, 1.165) is 11.4 Å². The highest BCUT2D eigenvalue weighted by Gasteiger charge is 2.28. The van der Waals surface area contributed by atoms with Crippen LogP contribution in [-0.2, 0) is 0 Å². The third-order valence-corrected chi connectivity index (χ3v) is 17.7. The van der Waals surface area contributed by atoms with Crippen LogP contribution in [0.25, 0.3) is 98.4 Å². The lowest BCUT2D eigenvalue weighted by molar-refractivity contribution is 0.875. The van der Waals surface area contributed by atoms with Gasteiger partial charge in [-0.15, -0.1) is 0 Å². The Morgan fingerprint density at radius 3 is 0.893 bits per heavy atom. The molecule has 0 aromatic heterocycles. The van der Waals surface area contributed by atoms with Gasteiger partial charge in [0.15, 0.2) is 0 Å². The van der Waals surface area contributed by atoms with Crippen molar-refractivity contribution in [1.82, 2.24) is 0 Å². The van der Waals surface area contributed by atoms with E-state index in [9.17, 15) is 0 Å². The molecule has 0 heterocycles. The highest BCUT2D eigenvalue weighted by molar-refractivity contribution is 6.30. The van der Waals surface area contributed by atoms with Gasteiger partial charge in [0.1, 0.15) is 0 Å². The van der Waals surface area contributed by atoms with Crippen molar-refractivity contribution < 1.29 is 0 Å². The van der Waals surface area contributed by atoms with E-state index in [4.69, 9.17) is 0 Å². The van der Waals surface area contributed by atoms with Gasteiger partial charge in [0.25, 0.3) is 0 Å². The van der Waals surface area contributed by atoms with E-state index in [-0.39, 0.29) is 11.8 Å². The maximum atomic E-state index is 2.59. The summed E-state index contributed by atoms with van der Waals surface area (Å²) in [5, 5.41) is 12.6. The Labute approximate surface area is 494 Å². The minimum atomic E-state index is 0.238. The average Bonchev–Trinajstić information content (AvgIpc) is 1.24. The molecule has 406 valence electrons. The molecule has 14 aromatic rings. The van der Waals surface area contributed by atoms with Crippen molar-refractivity contribution in [1.29, 1.82) is 0 Å². The van der Waals surface area contributed by atoms with Crippen LogP contribution in [0.4, 0.5) is 34.1 Å². The molecule has 14 rings (SSSR count). The molecule has 2 heteroatoms. The molecule has 0 unspecified atom stereocenters. The van der Waals surface area contributed by atoms with Gasteiger partial charge in [-0.05, 0) is 187 Å². The molecule has 0 aliphatic rings. The van der Waals surface area contributed by atoms with E-state index in [0.29, 0.717) is 0 Å². The van der Waals surface area contributed by atoms with Crippen LogP contribution in [-0.4, -0.2) is 0 Å². The second kappa shape index (κ2) is 21.2. The average molecular weight is 1080 g/mol. The van der Waals surface area contributed by atoms with Gasteiger partial charge in [0, 0.05) is 32.9 Å². The molecule has 0 atom stereocenters. The van der Waals surface area contributed by atoms with Crippen molar-refractivity contribution >= 4 is 88.0 Å². The van der Waals surface area contributed by atoms with Crippen LogP contribution in [0, 0.1) is 27.7 Å². The highest BCUT2D eigenvalue weighted by atomic mass is 15.2. The molecule has 0 aliphatic heterocycles. The van der Waals surface area contributed by atoms with Gasteiger partial charge in [-0.2, -0.15) is 0 Å². The van der Waals surface area contributed by atoms with E-state index in [1.165, 1.54) is 155 Å². The van der Waals surface area contributed by atoms with Crippen LogP contribution < -0.4 is 9.80 Å². The third-order valence-electron chi connectivity index (χ3n) is 17.7. The van der Waals surface area contributed by atoms with Crippen molar-refractivity contribution in [2.24, 2.45) is 0 Å². The number of rotatable bonds is 12. The number of benzene rings is 14. The second-order valence-corrected chi connectivity index (χ2v) is 23.9. The molecule has 0 amide bonds. The molecule has 0 N–H and O–H groups in total. The van der Waals surface area contributed by atoms with Gasteiger partial charge in [-0.3, -0.25) is 0 Å². The van der Waals surface area contributed by atoms with Crippen LogP contribution in [0.3, 0.4) is 0 Å². The van der Waals surface area contributed by atoms with Crippen LogP contribution in [0.1, 0.15) is 72.9 Å². The molecule has 0 fully saturated rings. The predicted octanol–water partition coefficient (Wildman–Crippen LogP) is 24.0. The quantitative estimate of drug-likeness (QED) is 0.113. The molecule has 0 bridgehead atoms. The van der Waals surface area contributed by atoms with Gasteiger partial charge in [-0.25, -0.2) is 0 Å². The summed E-state index contributed by atoms with van der Waals surface area (Å²) >= 11 is 0. The largest absolute Gasteiger partial charge is 0.309 e. The maximum absolute atomic E-state index is 2.59. The molecule has 0 aliphatic carbocycles. The first-order valence-electron chi connectivity index (χ1n) is 29.9. The number of aryl methyl sites for hydroxylation is 4. The first-order valence-corrected chi connectivity index (χ1v) is 29.9. The van der Waals surface area contributed by atoms with Crippen LogP contribution in [0.5, 0.6) is 0 Å². The fourth-order valence-electron chi connectivity index (χ4n) is 13.3. The second-order valence-electron chi connectivity index (χ2n) is 23.9. The summed E-state index contributed by atoms with van der Waals surface area (Å²) in [5.41, 5.74) is 24.2. The molecule has 84 heavy (non-hydrogen) atoms. The minimum Gasteiger partial charge on any atom is -0.309 e. The van der Waals surface area contributed by atoms with Crippen molar-refractivity contribution in [3.8, 4) is 44.5 Å². The normalized spacial score (nSPS) is 11.8. The summed E-state index contributed by atoms with van der Waals surface area (Å²) in [4.78, 5) is 5.18. The smallest absolute Gasteiger partial charge is 0.0569 e. The van der Waals surface area contributed by atoms with Gasteiger partial charge in [-0.1, -0.05) is 245 Å². The van der Waals surface area contributed by atoms with Gasteiger partial charge >= 0.3 is 0 Å². The molecule has 0 saturated carbocycles. The predicted molar refractivity (Wildman–Crippen MR) is 363 cm³/mol. The topological polar surface area (TPSA) is 6.48 Å². The number of hydrogen-bond donors (Lipinski definition) is 0. The molecular weight excluding hydrogens is 1010 g/mol. The Morgan fingerprint density at radius 2 is 0.560 bits per heavy atom. The number of nitrogens with zero attached hydrogens (tertiary/aromatic N) is 2. The summed E-state index contributed by atoms with van der Waals surface area (Å²) in [6.07, 6.45) is 0. The van der Waals surface area contributed by atoms with Crippen molar-refractivity contribution in [2.75, 3.05) is 9.80 Å². The van der Waals surface area contributed by atoms with E-state index in [1.54, 1.807) is 0 Å². The van der Waals surface area contributed by atoms with Crippen molar-refractivity contribution in [2.45, 2.75) is 67.2 Å². The standard InChI is InChI=1S/C82H68N2/c1-51(2)73-49-77(83(81-55(7)21-25-65-23-19-53(5)47-75(65)81)67-39-35-63(36-40-67)61-31-27-59(28-32-61)57-15-11-9-12-16-57)71-46-44-70-74(52(3)4)50-78(72-45-43-69(73)79(71)80(70)72)84(82-56(8)22-26-66-24-20-54(6)48-76(66)82)68-41-37-64(38-42-68)62-33-29-60(30-34-62)58-17-13-10-14-18-58/h9-52H,1-8H3. The lowest BCUT2D eigenvalue weighted by atomic mass is 9.83. The monoisotopic (exact) mass is 1080 g/mol. The molecule has 0 spiro atoms. The summed E-state index contributed by atoms with van der Waals surface area (Å²) in [7, 11) is 0. The Hall–Kier alpha value is -9.76. The fourth-order valence-corrected chi connectivity index (χ4v) is 13.3. The summed E-state index contributed by atoms with van der Waals surface area (Å²) in [6.45, 7) is 18.5. The summed E-state index contributed by atoms with van der Waals surface area (Å²) < 4.78 is 0. The van der Waals surface area contributed by atoms with E-state index in [2.05, 4.69) is 320 Å². The Bertz CT molecular complexity index is 4450. The number of hydrogen-bond acceptors (Lipinski definition) is 2. The first-order chi connectivity index (χ1) is 40.9. The third kappa shape index (κ3) is 9.14. The van der Waals surface area contributed by atoms with Crippen LogP contribution in [0.2, 0.25) is 0 Å². The molecule has 2 nitrogen and oxygen atoms in total. The minimum absolute atomic E-state index is 0.238. The fraction of sp³-hybridized carbons (Fsp3) is 0.122. The first kappa shape index (κ1) is 52.3. The zero-order valence-electron chi connectivity index (χ0n) is 49.3. The summed E-state index contributed by atoms with van der Waals surface area (Å²) in [5.74, 6) is 0.477. The lowest BCUT2D eigenvalue weighted by Crippen LogP contribution is -2.15. The van der Waals surface area contributed by atoms with Gasteiger partial charge < -0.3 is 9.80 Å². The van der Waals surface area contributed by atoms with E-state index < -0.39 is 0 Å². The lowest BCUT2D eigenvalue weighted by Gasteiger charge is -2.33. The van der Waals surface area contributed by atoms with Crippen molar-refractivity contribution in [3.63, 3.8) is 0 Å². The summed E-state index contributed by atoms with van der Waals surface area (Å²) in [6, 6.07) is 95.7. The Balaban J connectivity index is 1.01. The van der Waals surface area contributed by atoms with Crippen molar-refractivity contribution in [3.05, 3.63) is 288 Å². The SMILES string of the molecule is Cc1ccc2ccc(C)c(N(c3ccc(-c4ccc(-c5ccccc5)cc4)cc3)c3cc(C(C)C)c4ccc5c(N(c6ccc(-c7ccc(-c8ccccc8)cc7)cc6)c6c(C)ccc7ccc(C)cc67)cc(C(C)C)c6ccc3c4c65)c2c1. The van der Waals surface area contributed by atoms with Crippen LogP contribution in [0.15, 0.2) is 255 Å². The molecular formula is C82H68N2. The van der Waals surface area contributed by atoms with E-state index in [1.807, 2.05) is 0 Å². The van der Waals surface area contributed by atoms with E-state index >= 15 is 0 Å². The zero-order chi connectivity index (χ0) is 57.3. The molecule has 0 radical (unpaired) electrons. The number of fused-ring (bicyclic) bond motifs is 2. The Morgan fingerprint density at radius 1 is 0.262 bits per heavy atom. The zero-order valence-corrected chi connectivity index (χ0v) is 49.3. The molecule has 0 saturated heterocycles.